The summed E-state index contributed by atoms with van der Waals surface area (Å²) >= 11 is 2.28. The number of benzene rings is 2. The smallest absolute Gasteiger partial charge is 0.181 e. The van der Waals surface area contributed by atoms with Gasteiger partial charge in [0.05, 0.1) is 0 Å². The lowest BCUT2D eigenvalue weighted by Crippen LogP contribution is -1.81. The number of nitrogens with zero attached hydrogens (tertiary/aromatic N) is 2. The largest absolute Gasteiger partial charge is 0.259 e. The van der Waals surface area contributed by atoms with Crippen molar-refractivity contribution in [2.24, 2.45) is 0 Å². The van der Waals surface area contributed by atoms with Gasteiger partial charge in [0, 0.05) is 14.7 Å². The Kier molecular flexibility index (Phi) is 3.10. The summed E-state index contributed by atoms with van der Waals surface area (Å²) in [5, 5.41) is 7.22. The van der Waals surface area contributed by atoms with Crippen LogP contribution in [0.2, 0.25) is 0 Å². The van der Waals surface area contributed by atoms with Crippen molar-refractivity contribution in [1.82, 2.24) is 15.2 Å². The molecule has 0 aliphatic heterocycles. The van der Waals surface area contributed by atoms with E-state index >= 15 is 0 Å². The van der Waals surface area contributed by atoms with E-state index in [1.165, 1.54) is 3.57 Å². The van der Waals surface area contributed by atoms with E-state index in [0.717, 1.165) is 22.8 Å². The number of rotatable bonds is 2. The Morgan fingerprint density at radius 3 is 2.28 bits per heavy atom. The lowest BCUT2D eigenvalue weighted by atomic mass is 10.2. The summed E-state index contributed by atoms with van der Waals surface area (Å²) in [5.74, 6) is 1.52. The van der Waals surface area contributed by atoms with Gasteiger partial charge in [0.2, 0.25) is 0 Å². The van der Waals surface area contributed by atoms with Crippen molar-refractivity contribution in [3.8, 4) is 22.8 Å². The number of H-pyrrole nitrogens is 1. The molecule has 4 heteroatoms. The Labute approximate surface area is 118 Å². The molecule has 0 aliphatic rings. The van der Waals surface area contributed by atoms with Gasteiger partial charge in [-0.2, -0.15) is 5.10 Å². The number of nitrogens with one attached hydrogen (secondary N) is 1. The third-order valence-corrected chi connectivity index (χ3v) is 3.35. The van der Waals surface area contributed by atoms with Crippen LogP contribution in [0.5, 0.6) is 0 Å². The number of hydrogen-bond acceptors (Lipinski definition) is 2. The average molecular weight is 347 g/mol. The molecule has 0 unspecified atom stereocenters. The SMILES string of the molecule is Ic1ccc(-c2nc(-c3ccccc3)n[nH]2)cc1. The Morgan fingerprint density at radius 2 is 1.56 bits per heavy atom. The highest BCUT2D eigenvalue weighted by Gasteiger charge is 2.06. The molecule has 3 aromatic rings. The second-order valence-corrected chi connectivity index (χ2v) is 5.13. The fourth-order valence-electron chi connectivity index (χ4n) is 1.71. The van der Waals surface area contributed by atoms with Gasteiger partial charge < -0.3 is 0 Å². The molecule has 0 fully saturated rings. The first-order chi connectivity index (χ1) is 8.83. The van der Waals surface area contributed by atoms with Gasteiger partial charge in [0.25, 0.3) is 0 Å². The molecule has 88 valence electrons. The molecule has 0 bridgehead atoms. The van der Waals surface area contributed by atoms with Crippen LogP contribution in [0.4, 0.5) is 0 Å². The van der Waals surface area contributed by atoms with E-state index in [4.69, 9.17) is 0 Å². The van der Waals surface area contributed by atoms with Gasteiger partial charge in [0.15, 0.2) is 11.6 Å². The maximum atomic E-state index is 4.51. The Hall–Kier alpha value is -1.69. The summed E-state index contributed by atoms with van der Waals surface area (Å²) < 4.78 is 1.21. The molecule has 3 nitrogen and oxygen atoms in total. The first-order valence-electron chi connectivity index (χ1n) is 5.57. The minimum Gasteiger partial charge on any atom is -0.259 e. The van der Waals surface area contributed by atoms with E-state index in [0.29, 0.717) is 0 Å². The van der Waals surface area contributed by atoms with E-state index < -0.39 is 0 Å². The minimum atomic E-state index is 0.726. The molecule has 0 saturated carbocycles. The van der Waals surface area contributed by atoms with Crippen molar-refractivity contribution < 1.29 is 0 Å². The Bertz CT molecular complexity index is 644. The van der Waals surface area contributed by atoms with Crippen LogP contribution in [0.1, 0.15) is 0 Å². The normalized spacial score (nSPS) is 10.5. The van der Waals surface area contributed by atoms with Crippen LogP contribution in [0, 0.1) is 3.57 Å². The third-order valence-electron chi connectivity index (χ3n) is 2.64. The fourth-order valence-corrected chi connectivity index (χ4v) is 2.07. The van der Waals surface area contributed by atoms with Gasteiger partial charge >= 0.3 is 0 Å². The number of aromatic nitrogens is 3. The molecule has 0 amide bonds. The zero-order valence-corrected chi connectivity index (χ0v) is 11.6. The molecule has 2 aromatic carbocycles. The van der Waals surface area contributed by atoms with Crippen LogP contribution in [0.25, 0.3) is 22.8 Å². The van der Waals surface area contributed by atoms with Crippen LogP contribution < -0.4 is 0 Å². The molecule has 18 heavy (non-hydrogen) atoms. The monoisotopic (exact) mass is 347 g/mol. The van der Waals surface area contributed by atoms with Crippen LogP contribution >= 0.6 is 22.6 Å². The number of halogens is 1. The van der Waals surface area contributed by atoms with E-state index in [1.807, 2.05) is 42.5 Å². The van der Waals surface area contributed by atoms with Crippen molar-refractivity contribution in [2.45, 2.75) is 0 Å². The van der Waals surface area contributed by atoms with E-state index in [2.05, 4.69) is 49.9 Å². The summed E-state index contributed by atoms with van der Waals surface area (Å²) in [7, 11) is 0. The van der Waals surface area contributed by atoms with E-state index in [1.54, 1.807) is 0 Å². The minimum absolute atomic E-state index is 0.726. The first kappa shape index (κ1) is 11.4. The summed E-state index contributed by atoms with van der Waals surface area (Å²) in [6, 6.07) is 18.1. The second kappa shape index (κ2) is 4.89. The van der Waals surface area contributed by atoms with E-state index in [9.17, 15) is 0 Å². The number of hydrogen-bond donors (Lipinski definition) is 1. The van der Waals surface area contributed by atoms with Crippen molar-refractivity contribution in [1.29, 1.82) is 0 Å². The molecule has 1 heterocycles. The topological polar surface area (TPSA) is 41.6 Å². The van der Waals surface area contributed by atoms with Crippen LogP contribution in [-0.2, 0) is 0 Å². The number of aromatic amines is 1. The molecule has 0 aliphatic carbocycles. The highest BCUT2D eigenvalue weighted by molar-refractivity contribution is 14.1. The Morgan fingerprint density at radius 1 is 0.833 bits per heavy atom. The molecule has 0 atom stereocenters. The van der Waals surface area contributed by atoms with Gasteiger partial charge in [-0.05, 0) is 34.7 Å². The maximum absolute atomic E-state index is 4.51. The molecular weight excluding hydrogens is 337 g/mol. The van der Waals surface area contributed by atoms with Crippen LogP contribution in [0.3, 0.4) is 0 Å². The van der Waals surface area contributed by atoms with Gasteiger partial charge in [-0.1, -0.05) is 42.5 Å². The van der Waals surface area contributed by atoms with Crippen LogP contribution in [-0.4, -0.2) is 15.2 Å². The lowest BCUT2D eigenvalue weighted by molar-refractivity contribution is 1.10. The summed E-state index contributed by atoms with van der Waals surface area (Å²) in [6.45, 7) is 0. The van der Waals surface area contributed by atoms with Crippen molar-refractivity contribution in [3.63, 3.8) is 0 Å². The van der Waals surface area contributed by atoms with Crippen LogP contribution in [0.15, 0.2) is 54.6 Å². The molecule has 0 saturated heterocycles. The summed E-state index contributed by atoms with van der Waals surface area (Å²) in [4.78, 5) is 4.51. The maximum Gasteiger partial charge on any atom is 0.181 e. The predicted octanol–water partition coefficient (Wildman–Crippen LogP) is 3.74. The molecular formula is C14H10IN3. The Balaban J connectivity index is 1.97. The zero-order valence-electron chi connectivity index (χ0n) is 9.47. The average Bonchev–Trinajstić information content (AvgIpc) is 2.90. The zero-order chi connectivity index (χ0) is 12.4. The lowest BCUT2D eigenvalue weighted by Gasteiger charge is -1.95. The molecule has 0 radical (unpaired) electrons. The highest BCUT2D eigenvalue weighted by Crippen LogP contribution is 2.20. The van der Waals surface area contributed by atoms with Gasteiger partial charge in [-0.15, -0.1) is 0 Å². The summed E-state index contributed by atoms with van der Waals surface area (Å²) in [6.07, 6.45) is 0. The van der Waals surface area contributed by atoms with E-state index in [-0.39, 0.29) is 0 Å². The molecule has 3 rings (SSSR count). The predicted molar refractivity (Wildman–Crippen MR) is 80.0 cm³/mol. The van der Waals surface area contributed by atoms with Gasteiger partial charge in [-0.25, -0.2) is 4.98 Å². The van der Waals surface area contributed by atoms with Crippen molar-refractivity contribution in [3.05, 3.63) is 58.2 Å². The van der Waals surface area contributed by atoms with Gasteiger partial charge in [-0.3, -0.25) is 5.10 Å². The van der Waals surface area contributed by atoms with Crippen molar-refractivity contribution >= 4 is 22.6 Å². The standard InChI is InChI=1S/C14H10IN3/c15-12-8-6-11(7-9-12)14-16-13(17-18-14)10-4-2-1-3-5-10/h1-9H,(H,16,17,18). The summed E-state index contributed by atoms with van der Waals surface area (Å²) in [5.41, 5.74) is 2.07. The van der Waals surface area contributed by atoms with Crippen molar-refractivity contribution in [2.75, 3.05) is 0 Å². The second-order valence-electron chi connectivity index (χ2n) is 3.88. The highest BCUT2D eigenvalue weighted by atomic mass is 127. The first-order valence-corrected chi connectivity index (χ1v) is 6.64. The quantitative estimate of drug-likeness (QED) is 0.718. The third kappa shape index (κ3) is 2.28. The molecule has 1 aromatic heterocycles. The molecule has 1 N–H and O–H groups in total. The van der Waals surface area contributed by atoms with Gasteiger partial charge in [0.1, 0.15) is 0 Å². The fraction of sp³-hybridized carbons (Fsp3) is 0. The molecule has 0 spiro atoms.